The predicted octanol–water partition coefficient (Wildman–Crippen LogP) is 2.16. The molecule has 6 nitrogen and oxygen atoms in total. The van der Waals surface area contributed by atoms with Crippen LogP contribution in [0.1, 0.15) is 12.8 Å². The summed E-state index contributed by atoms with van der Waals surface area (Å²) in [6.07, 6.45) is 2.26. The maximum absolute atomic E-state index is 5.62. The Kier molecular flexibility index (Phi) is 2.69. The van der Waals surface area contributed by atoms with E-state index < -0.39 is 0 Å². The summed E-state index contributed by atoms with van der Waals surface area (Å²) < 4.78 is 7.46. The monoisotopic (exact) mass is 307 g/mol. The molecule has 4 heterocycles. The smallest absolute Gasteiger partial charge is 0.185 e. The number of nitrogens with zero attached hydrogens (tertiary/aromatic N) is 5. The Bertz CT molecular complexity index is 854. The Hall–Kier alpha value is -2.47. The Morgan fingerprint density at radius 1 is 1.00 bits per heavy atom. The predicted molar refractivity (Wildman–Crippen MR) is 86.3 cm³/mol. The average molecular weight is 307 g/mol. The topological polar surface area (TPSA) is 55.5 Å². The molecule has 6 heteroatoms. The lowest BCUT2D eigenvalue weighted by atomic mass is 9.84. The average Bonchev–Trinajstić information content (AvgIpc) is 3.23. The van der Waals surface area contributed by atoms with E-state index in [-0.39, 0.29) is 5.54 Å². The Morgan fingerprint density at radius 2 is 1.91 bits per heavy atom. The maximum Gasteiger partial charge on any atom is 0.185 e. The van der Waals surface area contributed by atoms with Crippen LogP contribution in [-0.4, -0.2) is 45.1 Å². The Labute approximate surface area is 133 Å². The number of hydrogen-bond acceptors (Lipinski definition) is 5. The molecule has 116 valence electrons. The first kappa shape index (κ1) is 13.0. The molecule has 0 radical (unpaired) electrons. The number of ether oxygens (including phenoxy) is 1. The van der Waals surface area contributed by atoms with Crippen molar-refractivity contribution in [1.29, 1.82) is 0 Å². The fourth-order valence-corrected chi connectivity index (χ4v) is 3.59. The first-order valence-corrected chi connectivity index (χ1v) is 7.99. The largest absolute Gasteiger partial charge is 0.379 e. The third-order valence-corrected chi connectivity index (χ3v) is 5.01. The number of anilines is 1. The van der Waals surface area contributed by atoms with Gasteiger partial charge in [0.15, 0.2) is 11.5 Å². The summed E-state index contributed by atoms with van der Waals surface area (Å²) in [5, 5.41) is 13.4. The lowest BCUT2D eigenvalue weighted by molar-refractivity contribution is 0.155. The van der Waals surface area contributed by atoms with Crippen LogP contribution < -0.4 is 4.90 Å². The zero-order chi connectivity index (χ0) is 15.3. The van der Waals surface area contributed by atoms with Crippen molar-refractivity contribution >= 4 is 11.5 Å². The zero-order valence-corrected chi connectivity index (χ0v) is 12.7. The van der Waals surface area contributed by atoms with E-state index in [1.54, 1.807) is 0 Å². The van der Waals surface area contributed by atoms with Gasteiger partial charge in [-0.2, -0.15) is 4.52 Å². The standard InChI is InChI=1S/C17H17N5O/c1-2-4-13(5-3-1)16-19-18-14-6-7-15(20-22(14)16)21-10-8-17(21)9-11-23-12-17/h1-7H,8-12H2. The van der Waals surface area contributed by atoms with E-state index in [0.717, 1.165) is 49.0 Å². The van der Waals surface area contributed by atoms with Gasteiger partial charge in [0, 0.05) is 18.7 Å². The normalized spacial score (nSPS) is 23.6. The number of hydrogen-bond donors (Lipinski definition) is 0. The van der Waals surface area contributed by atoms with Crippen molar-refractivity contribution in [1.82, 2.24) is 19.8 Å². The lowest BCUT2D eigenvalue weighted by Crippen LogP contribution is -2.61. The van der Waals surface area contributed by atoms with Crippen molar-refractivity contribution < 1.29 is 4.74 Å². The van der Waals surface area contributed by atoms with Crippen molar-refractivity contribution in [3.8, 4) is 11.4 Å². The Balaban J connectivity index is 1.59. The summed E-state index contributed by atoms with van der Waals surface area (Å²) in [5.41, 5.74) is 1.94. The first-order valence-electron chi connectivity index (χ1n) is 7.99. The van der Waals surface area contributed by atoms with Gasteiger partial charge in [0.05, 0.1) is 12.1 Å². The molecule has 0 amide bonds. The third kappa shape index (κ3) is 1.88. The van der Waals surface area contributed by atoms with E-state index in [1.807, 2.05) is 47.0 Å². The molecule has 2 fully saturated rings. The van der Waals surface area contributed by atoms with E-state index in [1.165, 1.54) is 6.42 Å². The lowest BCUT2D eigenvalue weighted by Gasteiger charge is -2.50. The summed E-state index contributed by atoms with van der Waals surface area (Å²) in [5.74, 6) is 1.76. The molecule has 0 bridgehead atoms. The van der Waals surface area contributed by atoms with Crippen LogP contribution in [0, 0.1) is 0 Å². The molecular formula is C17H17N5O. The third-order valence-electron chi connectivity index (χ3n) is 5.01. The fraction of sp³-hybridized carbons (Fsp3) is 0.353. The Morgan fingerprint density at radius 3 is 2.65 bits per heavy atom. The molecule has 0 N–H and O–H groups in total. The van der Waals surface area contributed by atoms with Gasteiger partial charge in [0.25, 0.3) is 0 Å². The molecule has 1 spiro atoms. The summed E-state index contributed by atoms with van der Waals surface area (Å²) in [6.45, 7) is 2.69. The highest BCUT2D eigenvalue weighted by molar-refractivity contribution is 5.60. The van der Waals surface area contributed by atoms with Crippen molar-refractivity contribution in [3.63, 3.8) is 0 Å². The molecule has 5 rings (SSSR count). The van der Waals surface area contributed by atoms with Crippen LogP contribution in [0.15, 0.2) is 42.5 Å². The number of rotatable bonds is 2. The fourth-order valence-electron chi connectivity index (χ4n) is 3.59. The minimum atomic E-state index is 0.154. The van der Waals surface area contributed by atoms with Crippen LogP contribution in [0.2, 0.25) is 0 Å². The van der Waals surface area contributed by atoms with Gasteiger partial charge in [-0.25, -0.2) is 0 Å². The van der Waals surface area contributed by atoms with Crippen LogP contribution in [-0.2, 0) is 4.74 Å². The highest BCUT2D eigenvalue weighted by Gasteiger charge is 2.48. The SMILES string of the molecule is c1ccc(-c2nnc3ccc(N4CCC45CCOC5)nn23)cc1. The van der Waals surface area contributed by atoms with Crippen molar-refractivity contribution in [2.24, 2.45) is 0 Å². The molecule has 2 saturated heterocycles. The van der Waals surface area contributed by atoms with Gasteiger partial charge in [-0.3, -0.25) is 0 Å². The molecule has 2 aliphatic rings. The second-order valence-corrected chi connectivity index (χ2v) is 6.28. The van der Waals surface area contributed by atoms with Crippen LogP contribution in [0.5, 0.6) is 0 Å². The van der Waals surface area contributed by atoms with E-state index in [9.17, 15) is 0 Å². The first-order chi connectivity index (χ1) is 11.4. The van der Waals surface area contributed by atoms with Gasteiger partial charge in [-0.05, 0) is 25.0 Å². The molecule has 23 heavy (non-hydrogen) atoms. The van der Waals surface area contributed by atoms with Crippen LogP contribution in [0.25, 0.3) is 17.0 Å². The molecule has 3 aromatic rings. The number of aromatic nitrogens is 4. The van der Waals surface area contributed by atoms with Crippen LogP contribution >= 0.6 is 0 Å². The minimum absolute atomic E-state index is 0.154. The van der Waals surface area contributed by atoms with Gasteiger partial charge in [0.1, 0.15) is 5.82 Å². The number of benzene rings is 1. The molecule has 1 unspecified atom stereocenters. The van der Waals surface area contributed by atoms with Crippen molar-refractivity contribution in [2.75, 3.05) is 24.7 Å². The molecular weight excluding hydrogens is 290 g/mol. The summed E-state index contributed by atoms with van der Waals surface area (Å²) >= 11 is 0. The summed E-state index contributed by atoms with van der Waals surface area (Å²) in [4.78, 5) is 2.37. The van der Waals surface area contributed by atoms with Crippen LogP contribution in [0.4, 0.5) is 5.82 Å². The van der Waals surface area contributed by atoms with E-state index >= 15 is 0 Å². The summed E-state index contributed by atoms with van der Waals surface area (Å²) in [6, 6.07) is 14.1. The van der Waals surface area contributed by atoms with Crippen molar-refractivity contribution in [3.05, 3.63) is 42.5 Å². The molecule has 0 saturated carbocycles. The molecule has 1 atom stereocenters. The highest BCUT2D eigenvalue weighted by Crippen LogP contribution is 2.40. The number of fused-ring (bicyclic) bond motifs is 1. The van der Waals surface area contributed by atoms with Gasteiger partial charge in [0.2, 0.25) is 0 Å². The van der Waals surface area contributed by atoms with E-state index in [2.05, 4.69) is 15.1 Å². The van der Waals surface area contributed by atoms with Gasteiger partial charge in [-0.15, -0.1) is 15.3 Å². The van der Waals surface area contributed by atoms with Gasteiger partial charge < -0.3 is 9.64 Å². The molecule has 1 aromatic carbocycles. The minimum Gasteiger partial charge on any atom is -0.379 e. The van der Waals surface area contributed by atoms with E-state index in [4.69, 9.17) is 9.84 Å². The second-order valence-electron chi connectivity index (χ2n) is 6.28. The van der Waals surface area contributed by atoms with Gasteiger partial charge in [-0.1, -0.05) is 30.3 Å². The second kappa shape index (κ2) is 4.76. The highest BCUT2D eigenvalue weighted by atomic mass is 16.5. The quantitative estimate of drug-likeness (QED) is 0.726. The van der Waals surface area contributed by atoms with Crippen molar-refractivity contribution in [2.45, 2.75) is 18.4 Å². The van der Waals surface area contributed by atoms with Crippen LogP contribution in [0.3, 0.4) is 0 Å². The molecule has 0 aliphatic carbocycles. The summed E-state index contributed by atoms with van der Waals surface area (Å²) in [7, 11) is 0. The zero-order valence-electron chi connectivity index (χ0n) is 12.7. The van der Waals surface area contributed by atoms with Gasteiger partial charge >= 0.3 is 0 Å². The maximum atomic E-state index is 5.62. The molecule has 2 aliphatic heterocycles. The molecule has 2 aromatic heterocycles. The van der Waals surface area contributed by atoms with E-state index in [0.29, 0.717) is 0 Å².